The summed E-state index contributed by atoms with van der Waals surface area (Å²) in [6.45, 7) is 9.37. The zero-order valence-corrected chi connectivity index (χ0v) is 15.7. The number of rotatable bonds is 5. The van der Waals surface area contributed by atoms with Gasteiger partial charge in [-0.2, -0.15) is 0 Å². The van der Waals surface area contributed by atoms with Crippen LogP contribution >= 0.6 is 15.9 Å². The number of hydrogen-bond donors (Lipinski definition) is 3. The van der Waals surface area contributed by atoms with Crippen molar-refractivity contribution < 1.29 is 18.5 Å². The van der Waals surface area contributed by atoms with Gasteiger partial charge in [-0.1, -0.05) is 22.0 Å². The van der Waals surface area contributed by atoms with E-state index in [1.54, 1.807) is 6.08 Å². The van der Waals surface area contributed by atoms with Gasteiger partial charge in [-0.3, -0.25) is 0 Å². The molecule has 0 aromatic heterocycles. The first-order chi connectivity index (χ1) is 10.5. The van der Waals surface area contributed by atoms with Gasteiger partial charge in [0.1, 0.15) is 5.82 Å². The van der Waals surface area contributed by atoms with Crippen LogP contribution in [0.25, 0.3) is 0 Å². The molecule has 0 fully saturated rings. The van der Waals surface area contributed by atoms with Crippen molar-refractivity contribution in [1.29, 1.82) is 0 Å². The third-order valence-corrected chi connectivity index (χ3v) is 4.56. The molecule has 0 radical (unpaired) electrons. The van der Waals surface area contributed by atoms with Gasteiger partial charge < -0.3 is 10.8 Å². The topological polar surface area (TPSA) is 92.4 Å². The zero-order chi connectivity index (χ0) is 18.2. The van der Waals surface area contributed by atoms with Crippen molar-refractivity contribution in [3.8, 4) is 0 Å². The van der Waals surface area contributed by atoms with Crippen LogP contribution in [0.2, 0.25) is 0 Å². The number of primary amides is 1. The van der Waals surface area contributed by atoms with E-state index in [4.69, 9.17) is 9.90 Å². The molecule has 0 heterocycles. The Labute approximate surface area is 146 Å². The Hall–Kier alpha value is -1.25. The third kappa shape index (κ3) is 9.47. The normalized spacial score (nSPS) is 13.4. The average Bonchev–Trinajstić information content (AvgIpc) is 2.35. The molecule has 4 N–H and O–H groups in total. The van der Waals surface area contributed by atoms with Crippen LogP contribution in [0.1, 0.15) is 38.8 Å². The van der Waals surface area contributed by atoms with Crippen molar-refractivity contribution >= 4 is 33.0 Å². The molecule has 0 spiro atoms. The van der Waals surface area contributed by atoms with Crippen molar-refractivity contribution in [1.82, 2.24) is 4.72 Å². The molecule has 0 bridgehead atoms. The SMILES string of the molecule is C=CC[C@H](N[S@](=O)C(C)(C)C)c1cc(F)cc(Br)c1.NC(=O)O. The first-order valence-electron chi connectivity index (χ1n) is 6.70. The molecule has 0 aliphatic heterocycles. The number of benzene rings is 1. The molecule has 8 heteroatoms. The van der Waals surface area contributed by atoms with Gasteiger partial charge in [-0.05, 0) is 51.0 Å². The van der Waals surface area contributed by atoms with Crippen molar-refractivity contribution in [2.75, 3.05) is 0 Å². The van der Waals surface area contributed by atoms with Gasteiger partial charge in [0.05, 0.1) is 15.7 Å². The summed E-state index contributed by atoms with van der Waals surface area (Å²) in [5.41, 5.74) is 4.78. The highest BCUT2D eigenvalue weighted by Gasteiger charge is 2.23. The lowest BCUT2D eigenvalue weighted by Gasteiger charge is -2.24. The third-order valence-electron chi connectivity index (χ3n) is 2.50. The summed E-state index contributed by atoms with van der Waals surface area (Å²) in [7, 11) is -1.22. The van der Waals surface area contributed by atoms with Crippen molar-refractivity contribution in [3.63, 3.8) is 0 Å². The van der Waals surface area contributed by atoms with E-state index in [1.807, 2.05) is 26.8 Å². The predicted molar refractivity (Wildman–Crippen MR) is 94.9 cm³/mol. The lowest BCUT2D eigenvalue weighted by molar-refractivity contribution is 0.205. The number of hydrogen-bond acceptors (Lipinski definition) is 2. The maximum absolute atomic E-state index is 13.4. The molecule has 0 aliphatic rings. The Morgan fingerprint density at radius 1 is 1.52 bits per heavy atom. The highest BCUT2D eigenvalue weighted by atomic mass is 79.9. The van der Waals surface area contributed by atoms with Crippen LogP contribution in [-0.2, 0) is 11.0 Å². The molecule has 2 atom stereocenters. The van der Waals surface area contributed by atoms with Crippen molar-refractivity contribution in [3.05, 3.63) is 46.7 Å². The van der Waals surface area contributed by atoms with Gasteiger partial charge in [-0.25, -0.2) is 18.1 Å². The van der Waals surface area contributed by atoms with E-state index < -0.39 is 17.1 Å². The van der Waals surface area contributed by atoms with E-state index in [2.05, 4.69) is 33.0 Å². The van der Waals surface area contributed by atoms with Crippen LogP contribution in [0.5, 0.6) is 0 Å². The second kappa shape index (κ2) is 9.79. The van der Waals surface area contributed by atoms with Crippen LogP contribution in [0.15, 0.2) is 35.3 Å². The standard InChI is InChI=1S/C14H19BrFNOS.CH3NO2/c1-5-6-13(17-19(18)14(2,3)4)10-7-11(15)9-12(16)8-10;2-1(3)4/h5,7-9,13,17H,1,6H2,2-4H3;2H2,(H,3,4)/t13-,19+;/m0./s1. The van der Waals surface area contributed by atoms with Gasteiger partial charge in [0.15, 0.2) is 0 Å². The molecular formula is C15H22BrFN2O3S. The lowest BCUT2D eigenvalue weighted by Crippen LogP contribution is -2.35. The molecule has 23 heavy (non-hydrogen) atoms. The second-order valence-electron chi connectivity index (χ2n) is 5.62. The number of carbonyl (C=O) groups is 1. The van der Waals surface area contributed by atoms with E-state index >= 15 is 0 Å². The fraction of sp³-hybridized carbons (Fsp3) is 0.400. The predicted octanol–water partition coefficient (Wildman–Crippen LogP) is 3.88. The van der Waals surface area contributed by atoms with Crippen molar-refractivity contribution in [2.24, 2.45) is 5.73 Å². The molecule has 5 nitrogen and oxygen atoms in total. The van der Waals surface area contributed by atoms with Gasteiger partial charge in [-0.15, -0.1) is 6.58 Å². The molecule has 1 aromatic carbocycles. The minimum atomic E-state index is -1.33. The van der Waals surface area contributed by atoms with E-state index in [0.29, 0.717) is 10.9 Å². The summed E-state index contributed by atoms with van der Waals surface area (Å²) in [5.74, 6) is -0.318. The summed E-state index contributed by atoms with van der Waals surface area (Å²) >= 11 is 3.27. The number of nitrogens with one attached hydrogen (secondary N) is 1. The number of amides is 1. The molecule has 0 unspecified atom stereocenters. The monoisotopic (exact) mass is 408 g/mol. The van der Waals surface area contributed by atoms with Crippen LogP contribution in [0.3, 0.4) is 0 Å². The molecule has 0 saturated carbocycles. The van der Waals surface area contributed by atoms with Gasteiger partial charge in [0.25, 0.3) is 0 Å². The van der Waals surface area contributed by atoms with E-state index in [9.17, 15) is 8.60 Å². The van der Waals surface area contributed by atoms with E-state index in [-0.39, 0.29) is 16.6 Å². The van der Waals surface area contributed by atoms with Gasteiger partial charge in [0, 0.05) is 10.5 Å². The molecule has 0 saturated heterocycles. The number of carboxylic acid groups (broad SMARTS) is 1. The second-order valence-corrected chi connectivity index (χ2v) is 8.53. The number of nitrogens with two attached hydrogens (primary N) is 1. The fourth-order valence-electron chi connectivity index (χ4n) is 1.50. The smallest absolute Gasteiger partial charge is 0.402 e. The highest BCUT2D eigenvalue weighted by Crippen LogP contribution is 2.24. The minimum absolute atomic E-state index is 0.218. The molecule has 1 amide bonds. The molecule has 130 valence electrons. The van der Waals surface area contributed by atoms with Crippen LogP contribution < -0.4 is 10.5 Å². The fourth-order valence-corrected chi connectivity index (χ4v) is 2.83. The first kappa shape index (κ1) is 21.8. The van der Waals surface area contributed by atoms with Crippen LogP contribution in [0, 0.1) is 5.82 Å². The van der Waals surface area contributed by atoms with Crippen molar-refractivity contribution in [2.45, 2.75) is 38.0 Å². The molecule has 1 rings (SSSR count). The first-order valence-corrected chi connectivity index (χ1v) is 8.65. The summed E-state index contributed by atoms with van der Waals surface area (Å²) in [4.78, 5) is 8.78. The van der Waals surface area contributed by atoms with Crippen LogP contribution in [-0.4, -0.2) is 20.2 Å². The Morgan fingerprint density at radius 2 is 2.04 bits per heavy atom. The maximum Gasteiger partial charge on any atom is 0.402 e. The largest absolute Gasteiger partial charge is 0.465 e. The quantitative estimate of drug-likeness (QED) is 0.645. The van der Waals surface area contributed by atoms with E-state index in [0.717, 1.165) is 5.56 Å². The summed E-state index contributed by atoms with van der Waals surface area (Å²) in [6.07, 6.45) is 0.980. The van der Waals surface area contributed by atoms with Gasteiger partial charge in [0.2, 0.25) is 0 Å². The highest BCUT2D eigenvalue weighted by molar-refractivity contribution is 9.10. The Balaban J connectivity index is 0.00000108. The molecule has 0 aliphatic carbocycles. The zero-order valence-electron chi connectivity index (χ0n) is 13.3. The van der Waals surface area contributed by atoms with Gasteiger partial charge >= 0.3 is 6.09 Å². The minimum Gasteiger partial charge on any atom is -0.465 e. The summed E-state index contributed by atoms with van der Waals surface area (Å²) in [5, 5.41) is 7.19. The van der Waals surface area contributed by atoms with Crippen LogP contribution in [0.4, 0.5) is 9.18 Å². The Bertz CT molecular complexity index is 552. The maximum atomic E-state index is 13.4. The lowest BCUT2D eigenvalue weighted by atomic mass is 10.0. The Kier molecular flexibility index (Phi) is 9.26. The van der Waals surface area contributed by atoms with E-state index in [1.165, 1.54) is 12.1 Å². The Morgan fingerprint density at radius 3 is 2.43 bits per heavy atom. The summed E-state index contributed by atoms with van der Waals surface area (Å²) in [6, 6.07) is 4.45. The molecular weight excluding hydrogens is 387 g/mol. The number of halogens is 2. The summed E-state index contributed by atoms with van der Waals surface area (Å²) < 4.78 is 28.9. The molecule has 1 aromatic rings. The average molecular weight is 409 g/mol.